The van der Waals surface area contributed by atoms with E-state index in [0.717, 1.165) is 17.3 Å². The molecular formula is C19H20BrNO4. The molecule has 2 aromatic carbocycles. The second-order valence-electron chi connectivity index (χ2n) is 5.34. The van der Waals surface area contributed by atoms with Gasteiger partial charge in [0.05, 0.1) is 16.6 Å². The number of halogens is 1. The predicted molar refractivity (Wildman–Crippen MR) is 99.9 cm³/mol. The number of rotatable bonds is 8. The van der Waals surface area contributed by atoms with Gasteiger partial charge in [-0.15, -0.1) is 0 Å². The van der Waals surface area contributed by atoms with Gasteiger partial charge in [-0.1, -0.05) is 31.5 Å². The van der Waals surface area contributed by atoms with Gasteiger partial charge in [-0.25, -0.2) is 4.79 Å². The molecule has 1 N–H and O–H groups in total. The maximum Gasteiger partial charge on any atom is 0.338 e. The van der Waals surface area contributed by atoms with Gasteiger partial charge in [0, 0.05) is 5.69 Å². The number of nitrogens with one attached hydrogen (secondary N) is 1. The number of benzene rings is 2. The Morgan fingerprint density at radius 2 is 1.92 bits per heavy atom. The van der Waals surface area contributed by atoms with Gasteiger partial charge >= 0.3 is 5.97 Å². The summed E-state index contributed by atoms with van der Waals surface area (Å²) in [6.45, 7) is 2.29. The Kier molecular flexibility index (Phi) is 7.47. The molecule has 1 amide bonds. The molecule has 0 aromatic heterocycles. The molecule has 0 atom stereocenters. The van der Waals surface area contributed by atoms with Crippen LogP contribution in [0.1, 0.15) is 30.1 Å². The summed E-state index contributed by atoms with van der Waals surface area (Å²) in [6, 6.07) is 13.9. The Hall–Kier alpha value is -2.34. The van der Waals surface area contributed by atoms with E-state index in [1.165, 1.54) is 0 Å². The first-order valence-electron chi connectivity index (χ1n) is 8.04. The zero-order valence-corrected chi connectivity index (χ0v) is 15.5. The molecule has 6 heteroatoms. The Bertz CT molecular complexity index is 733. The van der Waals surface area contributed by atoms with E-state index >= 15 is 0 Å². The molecule has 0 aliphatic rings. The lowest BCUT2D eigenvalue weighted by molar-refractivity contribution is -0.118. The van der Waals surface area contributed by atoms with Crippen LogP contribution in [0.2, 0.25) is 0 Å². The maximum atomic E-state index is 12.0. The van der Waals surface area contributed by atoms with Gasteiger partial charge in [0.15, 0.2) is 6.61 Å². The normalized spacial score (nSPS) is 10.2. The first-order chi connectivity index (χ1) is 12.1. The van der Waals surface area contributed by atoms with Crippen molar-refractivity contribution in [1.82, 2.24) is 0 Å². The number of para-hydroxylation sites is 1. The van der Waals surface area contributed by atoms with Crippen LogP contribution in [0.3, 0.4) is 0 Å². The number of carbonyl (C=O) groups is 2. The van der Waals surface area contributed by atoms with Crippen LogP contribution in [0.15, 0.2) is 53.0 Å². The van der Waals surface area contributed by atoms with Crippen LogP contribution in [0, 0.1) is 0 Å². The fourth-order valence-electron chi connectivity index (χ4n) is 2.02. The first kappa shape index (κ1) is 19.0. The number of esters is 1. The minimum absolute atomic E-state index is 0.131. The molecule has 0 unspecified atom stereocenters. The van der Waals surface area contributed by atoms with Crippen LogP contribution in [-0.4, -0.2) is 25.1 Å². The number of hydrogen-bond acceptors (Lipinski definition) is 4. The van der Waals surface area contributed by atoms with Crippen molar-refractivity contribution in [1.29, 1.82) is 0 Å². The van der Waals surface area contributed by atoms with Gasteiger partial charge in [0.25, 0.3) is 5.91 Å². The van der Waals surface area contributed by atoms with E-state index in [1.807, 2.05) is 25.1 Å². The molecule has 0 aliphatic carbocycles. The molecule has 0 saturated carbocycles. The first-order valence-corrected chi connectivity index (χ1v) is 8.84. The number of unbranched alkanes of at least 4 members (excludes halogenated alkanes) is 1. The van der Waals surface area contributed by atoms with Crippen molar-refractivity contribution in [2.45, 2.75) is 19.8 Å². The van der Waals surface area contributed by atoms with Crippen LogP contribution in [-0.2, 0) is 9.53 Å². The van der Waals surface area contributed by atoms with Crippen LogP contribution in [0.4, 0.5) is 5.69 Å². The lowest BCUT2D eigenvalue weighted by Gasteiger charge is -2.10. The summed E-state index contributed by atoms with van der Waals surface area (Å²) in [7, 11) is 0. The smallest absolute Gasteiger partial charge is 0.338 e. The van der Waals surface area contributed by atoms with Crippen LogP contribution < -0.4 is 10.1 Å². The zero-order chi connectivity index (χ0) is 18.1. The minimum atomic E-state index is -0.394. The molecule has 0 spiro atoms. The van der Waals surface area contributed by atoms with Crippen LogP contribution in [0.5, 0.6) is 5.75 Å². The molecule has 0 radical (unpaired) electrons. The number of ether oxygens (including phenoxy) is 2. The molecule has 0 aliphatic heterocycles. The summed E-state index contributed by atoms with van der Waals surface area (Å²) in [5.41, 5.74) is 0.922. The molecule has 0 saturated heterocycles. The SMILES string of the molecule is CCCCOC(=O)c1cccc(NC(=O)COc2ccccc2Br)c1. The highest BCUT2D eigenvalue weighted by Gasteiger charge is 2.10. The van der Waals surface area contributed by atoms with Crippen molar-refractivity contribution in [3.63, 3.8) is 0 Å². The van der Waals surface area contributed by atoms with Crippen molar-refractivity contribution in [2.24, 2.45) is 0 Å². The fourth-order valence-corrected chi connectivity index (χ4v) is 2.42. The van der Waals surface area contributed by atoms with E-state index in [0.29, 0.717) is 23.6 Å². The highest BCUT2D eigenvalue weighted by atomic mass is 79.9. The topological polar surface area (TPSA) is 64.6 Å². The lowest BCUT2D eigenvalue weighted by atomic mass is 10.2. The largest absolute Gasteiger partial charge is 0.483 e. The quantitative estimate of drug-likeness (QED) is 0.521. The molecule has 5 nitrogen and oxygen atoms in total. The summed E-state index contributed by atoms with van der Waals surface area (Å²) >= 11 is 3.36. The van der Waals surface area contributed by atoms with Gasteiger partial charge in [0.1, 0.15) is 5.75 Å². The van der Waals surface area contributed by atoms with E-state index in [1.54, 1.807) is 30.3 Å². The molecule has 2 rings (SSSR count). The third kappa shape index (κ3) is 6.23. The standard InChI is InChI=1S/C19H20BrNO4/c1-2-3-11-24-19(23)14-7-6-8-15(12-14)21-18(22)13-25-17-10-5-4-9-16(17)20/h4-10,12H,2-3,11,13H2,1H3,(H,21,22). The molecule has 2 aromatic rings. The summed E-state index contributed by atoms with van der Waals surface area (Å²) in [6.07, 6.45) is 1.79. The Morgan fingerprint density at radius 1 is 1.12 bits per heavy atom. The fraction of sp³-hybridized carbons (Fsp3) is 0.263. The van der Waals surface area contributed by atoms with Crippen molar-refractivity contribution < 1.29 is 19.1 Å². The van der Waals surface area contributed by atoms with Crippen molar-refractivity contribution in [2.75, 3.05) is 18.5 Å². The Labute approximate surface area is 155 Å². The summed E-state index contributed by atoms with van der Waals surface area (Å²) in [4.78, 5) is 24.0. The van der Waals surface area contributed by atoms with E-state index < -0.39 is 5.97 Å². The van der Waals surface area contributed by atoms with Crippen molar-refractivity contribution in [3.05, 3.63) is 58.6 Å². The Morgan fingerprint density at radius 3 is 2.68 bits per heavy atom. The Balaban J connectivity index is 1.89. The molecule has 0 fully saturated rings. The van der Waals surface area contributed by atoms with Crippen molar-refractivity contribution in [3.8, 4) is 5.75 Å². The van der Waals surface area contributed by atoms with Crippen molar-refractivity contribution >= 4 is 33.5 Å². The number of anilines is 1. The lowest BCUT2D eigenvalue weighted by Crippen LogP contribution is -2.20. The summed E-state index contributed by atoms with van der Waals surface area (Å²) in [5, 5.41) is 2.71. The third-order valence-electron chi connectivity index (χ3n) is 3.31. The molecule has 132 valence electrons. The van der Waals surface area contributed by atoms with Gasteiger partial charge in [-0.2, -0.15) is 0 Å². The number of hydrogen-bond donors (Lipinski definition) is 1. The maximum absolute atomic E-state index is 12.0. The highest BCUT2D eigenvalue weighted by Crippen LogP contribution is 2.23. The highest BCUT2D eigenvalue weighted by molar-refractivity contribution is 9.10. The average molecular weight is 406 g/mol. The van der Waals surface area contributed by atoms with E-state index in [-0.39, 0.29) is 12.5 Å². The van der Waals surface area contributed by atoms with Gasteiger partial charge in [-0.3, -0.25) is 4.79 Å². The number of amides is 1. The summed E-state index contributed by atoms with van der Waals surface area (Å²) in [5.74, 6) is -0.118. The summed E-state index contributed by atoms with van der Waals surface area (Å²) < 4.78 is 11.4. The molecule has 25 heavy (non-hydrogen) atoms. The number of carbonyl (C=O) groups excluding carboxylic acids is 2. The molecular weight excluding hydrogens is 386 g/mol. The second-order valence-corrected chi connectivity index (χ2v) is 6.19. The monoisotopic (exact) mass is 405 g/mol. The van der Waals surface area contributed by atoms with E-state index in [9.17, 15) is 9.59 Å². The van der Waals surface area contributed by atoms with Gasteiger partial charge in [-0.05, 0) is 52.7 Å². The van der Waals surface area contributed by atoms with Crippen LogP contribution >= 0.6 is 15.9 Å². The molecule has 0 bridgehead atoms. The predicted octanol–water partition coefficient (Wildman–Crippen LogP) is 4.42. The minimum Gasteiger partial charge on any atom is -0.483 e. The van der Waals surface area contributed by atoms with Gasteiger partial charge in [0.2, 0.25) is 0 Å². The average Bonchev–Trinajstić information content (AvgIpc) is 2.61. The van der Waals surface area contributed by atoms with Crippen LogP contribution in [0.25, 0.3) is 0 Å². The van der Waals surface area contributed by atoms with Gasteiger partial charge < -0.3 is 14.8 Å². The van der Waals surface area contributed by atoms with E-state index in [2.05, 4.69) is 21.2 Å². The third-order valence-corrected chi connectivity index (χ3v) is 3.96. The molecule has 0 heterocycles. The van der Waals surface area contributed by atoms with E-state index in [4.69, 9.17) is 9.47 Å². The zero-order valence-electron chi connectivity index (χ0n) is 14.0. The second kappa shape index (κ2) is 9.84.